The zero-order valence-corrected chi connectivity index (χ0v) is 26.5. The van der Waals surface area contributed by atoms with Crippen LogP contribution in [0.4, 0.5) is 0 Å². The van der Waals surface area contributed by atoms with Crippen molar-refractivity contribution in [2.24, 2.45) is 0 Å². The summed E-state index contributed by atoms with van der Waals surface area (Å²) in [6.07, 6.45) is 7.48. The summed E-state index contributed by atoms with van der Waals surface area (Å²) in [7, 11) is 0. The molecule has 8 rings (SSSR count). The summed E-state index contributed by atoms with van der Waals surface area (Å²) in [4.78, 5) is 0. The van der Waals surface area contributed by atoms with Crippen LogP contribution < -0.4 is 0 Å². The second-order valence-corrected chi connectivity index (χ2v) is 12.0. The van der Waals surface area contributed by atoms with Crippen molar-refractivity contribution in [1.82, 2.24) is 9.13 Å². The molecule has 46 heavy (non-hydrogen) atoms. The number of aromatic nitrogens is 2. The first-order chi connectivity index (χ1) is 22.7. The summed E-state index contributed by atoms with van der Waals surface area (Å²) in [6, 6.07) is 49.2. The second-order valence-electron chi connectivity index (χ2n) is 12.0. The summed E-state index contributed by atoms with van der Waals surface area (Å²) in [5.41, 5.74) is 13.6. The third kappa shape index (κ3) is 4.49. The Balaban J connectivity index is 1.21. The lowest BCUT2D eigenvalue weighted by Crippen LogP contribution is -1.94. The molecule has 0 aliphatic heterocycles. The number of hydrogen-bond donors (Lipinski definition) is 0. The van der Waals surface area contributed by atoms with Gasteiger partial charge in [0.25, 0.3) is 0 Å². The minimum atomic E-state index is 1.02. The van der Waals surface area contributed by atoms with Crippen LogP contribution in [0.25, 0.3) is 77.2 Å². The van der Waals surface area contributed by atoms with Crippen LogP contribution in [-0.4, -0.2) is 9.13 Å². The molecule has 0 fully saturated rings. The predicted molar refractivity (Wildman–Crippen MR) is 199 cm³/mol. The molecule has 0 atom stereocenters. The van der Waals surface area contributed by atoms with Gasteiger partial charge < -0.3 is 9.13 Å². The van der Waals surface area contributed by atoms with Gasteiger partial charge in [0.2, 0.25) is 0 Å². The molecule has 2 nitrogen and oxygen atoms in total. The highest BCUT2D eigenvalue weighted by atomic mass is 15.0. The monoisotopic (exact) mass is 592 g/mol. The lowest BCUT2D eigenvalue weighted by molar-refractivity contribution is 1.14. The van der Waals surface area contributed by atoms with E-state index >= 15 is 0 Å². The quantitative estimate of drug-likeness (QED) is 0.170. The second kappa shape index (κ2) is 11.4. The zero-order chi connectivity index (χ0) is 31.2. The summed E-state index contributed by atoms with van der Waals surface area (Å²) in [5.74, 6) is 0. The lowest BCUT2D eigenvalue weighted by atomic mass is 9.98. The number of hydrogen-bond acceptors (Lipinski definition) is 0. The van der Waals surface area contributed by atoms with E-state index in [1.807, 2.05) is 0 Å². The van der Waals surface area contributed by atoms with Crippen LogP contribution >= 0.6 is 0 Å². The van der Waals surface area contributed by atoms with Crippen LogP contribution in [0, 0.1) is 0 Å². The van der Waals surface area contributed by atoms with E-state index in [-0.39, 0.29) is 0 Å². The van der Waals surface area contributed by atoms with E-state index in [0.29, 0.717) is 0 Å². The van der Waals surface area contributed by atoms with E-state index in [2.05, 4.69) is 182 Å². The number of fused-ring (bicyclic) bond motifs is 6. The number of benzene rings is 6. The highest BCUT2D eigenvalue weighted by molar-refractivity contribution is 6.12. The molecule has 0 spiro atoms. The van der Waals surface area contributed by atoms with Crippen molar-refractivity contribution >= 4 is 49.3 Å². The standard InChI is InChI=1S/C44H36N2/c1-4-12-35(6-3)45-41-16-11-10-15-37(41)39-28-33(22-25-43(39)45)31-18-20-32(21-19-31)34-23-26-44-40(29-34)38-27-30(5-2)17-24-42(38)46(44)36-13-8-7-9-14-36/h4,6-29H,5H2,1-3H3/b12-4-,35-6+. The fourth-order valence-corrected chi connectivity index (χ4v) is 7.08. The minimum absolute atomic E-state index is 1.02. The number of allylic oxidation sites excluding steroid dienone is 4. The molecule has 222 valence electrons. The highest BCUT2D eigenvalue weighted by Crippen LogP contribution is 2.38. The molecule has 0 aliphatic carbocycles. The van der Waals surface area contributed by atoms with E-state index in [9.17, 15) is 0 Å². The third-order valence-corrected chi connectivity index (χ3v) is 9.37. The highest BCUT2D eigenvalue weighted by Gasteiger charge is 2.15. The SMILES string of the molecule is C/C=C\C(=C/C)n1c2ccccc2c2cc(-c3ccc(-c4ccc5c(c4)c4cc(CC)ccc4n5-c4ccccc4)cc3)ccc21. The molecule has 2 heteroatoms. The topological polar surface area (TPSA) is 9.86 Å². The first-order valence-corrected chi connectivity index (χ1v) is 16.2. The maximum absolute atomic E-state index is 2.39. The molecule has 0 amide bonds. The maximum atomic E-state index is 2.39. The van der Waals surface area contributed by atoms with Gasteiger partial charge in [0, 0.05) is 32.9 Å². The summed E-state index contributed by atoms with van der Waals surface area (Å²) >= 11 is 0. The molecule has 0 aliphatic rings. The van der Waals surface area contributed by atoms with Gasteiger partial charge >= 0.3 is 0 Å². The number of nitrogens with zero attached hydrogens (tertiary/aromatic N) is 2. The Morgan fingerprint density at radius 3 is 1.72 bits per heavy atom. The lowest BCUT2D eigenvalue weighted by Gasteiger charge is -2.10. The van der Waals surface area contributed by atoms with E-state index in [1.54, 1.807) is 0 Å². The summed E-state index contributed by atoms with van der Waals surface area (Å²) in [5, 5.41) is 5.14. The molecule has 0 bridgehead atoms. The maximum Gasteiger partial charge on any atom is 0.0541 e. The Bertz CT molecular complexity index is 2450. The van der Waals surface area contributed by atoms with Gasteiger partial charge in [-0.05, 0) is 109 Å². The molecule has 0 N–H and O–H groups in total. The predicted octanol–water partition coefficient (Wildman–Crippen LogP) is 12.2. The largest absolute Gasteiger partial charge is 0.310 e. The molecule has 0 radical (unpaired) electrons. The van der Waals surface area contributed by atoms with Crippen LogP contribution in [0.3, 0.4) is 0 Å². The van der Waals surface area contributed by atoms with Gasteiger partial charge in [-0.25, -0.2) is 0 Å². The average Bonchev–Trinajstić information content (AvgIpc) is 3.62. The number of para-hydroxylation sites is 2. The van der Waals surface area contributed by atoms with Crippen molar-refractivity contribution in [2.75, 3.05) is 0 Å². The summed E-state index contributed by atoms with van der Waals surface area (Å²) < 4.78 is 4.76. The van der Waals surface area contributed by atoms with E-state index < -0.39 is 0 Å². The van der Waals surface area contributed by atoms with Gasteiger partial charge in [-0.2, -0.15) is 0 Å². The fourth-order valence-electron chi connectivity index (χ4n) is 7.08. The number of aryl methyl sites for hydroxylation is 1. The van der Waals surface area contributed by atoms with E-state index in [0.717, 1.165) is 6.42 Å². The van der Waals surface area contributed by atoms with Crippen molar-refractivity contribution in [2.45, 2.75) is 27.2 Å². The van der Waals surface area contributed by atoms with Gasteiger partial charge in [0.1, 0.15) is 0 Å². The van der Waals surface area contributed by atoms with Gasteiger partial charge in [0.05, 0.1) is 22.1 Å². The van der Waals surface area contributed by atoms with Crippen LogP contribution in [0.15, 0.2) is 152 Å². The van der Waals surface area contributed by atoms with Crippen LogP contribution in [0.5, 0.6) is 0 Å². The van der Waals surface area contributed by atoms with Crippen molar-refractivity contribution in [1.29, 1.82) is 0 Å². The minimum Gasteiger partial charge on any atom is -0.310 e. The third-order valence-electron chi connectivity index (χ3n) is 9.37. The molecule has 0 unspecified atom stereocenters. The Morgan fingerprint density at radius 2 is 1.07 bits per heavy atom. The molecule has 8 aromatic rings. The van der Waals surface area contributed by atoms with Crippen LogP contribution in [-0.2, 0) is 6.42 Å². The van der Waals surface area contributed by atoms with Crippen molar-refractivity contribution in [3.8, 4) is 27.9 Å². The normalized spacial score (nSPS) is 12.4. The average molecular weight is 593 g/mol. The van der Waals surface area contributed by atoms with Crippen LogP contribution in [0.1, 0.15) is 26.3 Å². The van der Waals surface area contributed by atoms with Gasteiger partial charge in [-0.1, -0.05) is 97.9 Å². The molecule has 6 aromatic carbocycles. The Hall–Kier alpha value is -5.60. The Morgan fingerprint density at radius 1 is 0.522 bits per heavy atom. The van der Waals surface area contributed by atoms with E-state index in [4.69, 9.17) is 0 Å². The van der Waals surface area contributed by atoms with Gasteiger partial charge in [-0.3, -0.25) is 0 Å². The van der Waals surface area contributed by atoms with Crippen molar-refractivity contribution in [3.05, 3.63) is 157 Å². The Kier molecular flexibility index (Phi) is 6.92. The molecular formula is C44H36N2. The molecule has 2 heterocycles. The first kappa shape index (κ1) is 27.9. The number of rotatable bonds is 6. The molecule has 0 saturated carbocycles. The Labute approximate surface area is 270 Å². The fraction of sp³-hybridized carbons (Fsp3) is 0.0909. The van der Waals surface area contributed by atoms with Crippen molar-refractivity contribution < 1.29 is 0 Å². The molecular weight excluding hydrogens is 556 g/mol. The summed E-state index contributed by atoms with van der Waals surface area (Å²) in [6.45, 7) is 6.40. The smallest absolute Gasteiger partial charge is 0.0541 e. The zero-order valence-electron chi connectivity index (χ0n) is 26.5. The molecule has 0 saturated heterocycles. The van der Waals surface area contributed by atoms with Gasteiger partial charge in [0.15, 0.2) is 0 Å². The van der Waals surface area contributed by atoms with E-state index in [1.165, 1.54) is 82.8 Å². The van der Waals surface area contributed by atoms with Gasteiger partial charge in [-0.15, -0.1) is 0 Å². The first-order valence-electron chi connectivity index (χ1n) is 16.2. The molecule has 2 aromatic heterocycles. The van der Waals surface area contributed by atoms with Crippen LogP contribution in [0.2, 0.25) is 0 Å². The van der Waals surface area contributed by atoms with Crippen molar-refractivity contribution in [3.63, 3.8) is 0 Å².